The summed E-state index contributed by atoms with van der Waals surface area (Å²) in [6.07, 6.45) is 0. The van der Waals surface area contributed by atoms with Gasteiger partial charge in [-0.1, -0.05) is 12.1 Å². The highest BCUT2D eigenvalue weighted by Gasteiger charge is 2.16. The summed E-state index contributed by atoms with van der Waals surface area (Å²) in [5.74, 6) is -0.136. The predicted octanol–water partition coefficient (Wildman–Crippen LogP) is 1.71. The number of non-ortho nitro benzene ring substituents is 1. The second kappa shape index (κ2) is 7.70. The van der Waals surface area contributed by atoms with Gasteiger partial charge in [0, 0.05) is 24.7 Å². The molecule has 0 bridgehead atoms. The first-order valence-corrected chi connectivity index (χ1v) is 5.68. The van der Waals surface area contributed by atoms with Gasteiger partial charge in [0.25, 0.3) is 5.69 Å². The van der Waals surface area contributed by atoms with Gasteiger partial charge in [-0.15, -0.1) is 12.4 Å². The third-order valence-electron chi connectivity index (χ3n) is 2.62. The second-order valence-electron chi connectivity index (χ2n) is 4.24. The number of carbonyl (C=O) groups is 1. The molecule has 0 aliphatic heterocycles. The zero-order chi connectivity index (χ0) is 13.7. The number of nitrogens with two attached hydrogens (primary N) is 1. The van der Waals surface area contributed by atoms with Crippen LogP contribution in [0.15, 0.2) is 24.3 Å². The molecule has 0 aliphatic carbocycles. The predicted molar refractivity (Wildman–Crippen MR) is 75.1 cm³/mol. The Labute approximate surface area is 118 Å². The first-order valence-electron chi connectivity index (χ1n) is 5.68. The molecule has 106 valence electrons. The van der Waals surface area contributed by atoms with Crippen LogP contribution in [0.25, 0.3) is 0 Å². The molecule has 7 heteroatoms. The third-order valence-corrected chi connectivity index (χ3v) is 2.62. The van der Waals surface area contributed by atoms with Gasteiger partial charge in [0.15, 0.2) is 0 Å². The number of nitro groups is 1. The van der Waals surface area contributed by atoms with E-state index in [1.54, 1.807) is 17.0 Å². The van der Waals surface area contributed by atoms with Crippen LogP contribution in [-0.4, -0.2) is 28.3 Å². The smallest absolute Gasteiger partial charge is 0.269 e. The minimum Gasteiger partial charge on any atom is -0.335 e. The van der Waals surface area contributed by atoms with Crippen LogP contribution in [0.1, 0.15) is 19.4 Å². The van der Waals surface area contributed by atoms with E-state index in [2.05, 4.69) is 0 Å². The Morgan fingerprint density at radius 1 is 1.37 bits per heavy atom. The Balaban J connectivity index is 0.00000324. The molecule has 0 fully saturated rings. The van der Waals surface area contributed by atoms with E-state index in [4.69, 9.17) is 5.73 Å². The van der Waals surface area contributed by atoms with Crippen LogP contribution < -0.4 is 5.73 Å². The van der Waals surface area contributed by atoms with E-state index < -0.39 is 4.92 Å². The topological polar surface area (TPSA) is 89.5 Å². The third kappa shape index (κ3) is 4.84. The highest BCUT2D eigenvalue weighted by atomic mass is 35.5. The maximum atomic E-state index is 11.6. The number of rotatable bonds is 5. The summed E-state index contributed by atoms with van der Waals surface area (Å²) in [6, 6.07) is 6.20. The van der Waals surface area contributed by atoms with Crippen molar-refractivity contribution in [3.05, 3.63) is 39.9 Å². The van der Waals surface area contributed by atoms with Crippen molar-refractivity contribution in [1.29, 1.82) is 0 Å². The van der Waals surface area contributed by atoms with E-state index in [0.29, 0.717) is 6.54 Å². The van der Waals surface area contributed by atoms with Crippen molar-refractivity contribution in [3.8, 4) is 0 Å². The van der Waals surface area contributed by atoms with Crippen molar-refractivity contribution < 1.29 is 9.72 Å². The van der Waals surface area contributed by atoms with Gasteiger partial charge in [0.1, 0.15) is 0 Å². The molecule has 0 radical (unpaired) electrons. The molecule has 0 saturated carbocycles. The molecule has 1 amide bonds. The second-order valence-corrected chi connectivity index (χ2v) is 4.24. The zero-order valence-electron chi connectivity index (χ0n) is 10.9. The van der Waals surface area contributed by atoms with E-state index in [0.717, 1.165) is 5.56 Å². The van der Waals surface area contributed by atoms with Gasteiger partial charge in [-0.25, -0.2) is 0 Å². The number of nitrogens with zero attached hydrogens (tertiary/aromatic N) is 2. The fraction of sp³-hybridized carbons (Fsp3) is 0.417. The molecular formula is C12H18ClN3O3. The van der Waals surface area contributed by atoms with Gasteiger partial charge in [0.2, 0.25) is 5.91 Å². The van der Waals surface area contributed by atoms with Gasteiger partial charge in [-0.05, 0) is 19.4 Å². The summed E-state index contributed by atoms with van der Waals surface area (Å²) in [7, 11) is 0. The summed E-state index contributed by atoms with van der Waals surface area (Å²) in [5, 5.41) is 10.5. The molecule has 0 aliphatic rings. The fourth-order valence-corrected chi connectivity index (χ4v) is 1.60. The lowest BCUT2D eigenvalue weighted by Gasteiger charge is -2.26. The first-order chi connectivity index (χ1) is 8.45. The lowest BCUT2D eigenvalue weighted by Crippen LogP contribution is -2.40. The average molecular weight is 288 g/mol. The molecule has 1 aromatic rings. The monoisotopic (exact) mass is 287 g/mol. The molecule has 1 rings (SSSR count). The maximum Gasteiger partial charge on any atom is 0.269 e. The summed E-state index contributed by atoms with van der Waals surface area (Å²) < 4.78 is 0. The quantitative estimate of drug-likeness (QED) is 0.659. The molecular weight excluding hydrogens is 270 g/mol. The molecule has 0 atom stereocenters. The van der Waals surface area contributed by atoms with Crippen LogP contribution in [-0.2, 0) is 11.3 Å². The lowest BCUT2D eigenvalue weighted by atomic mass is 10.1. The summed E-state index contributed by atoms with van der Waals surface area (Å²) >= 11 is 0. The minimum atomic E-state index is -0.449. The summed E-state index contributed by atoms with van der Waals surface area (Å²) in [5.41, 5.74) is 6.23. The summed E-state index contributed by atoms with van der Waals surface area (Å²) in [6.45, 7) is 4.18. The molecule has 0 unspecified atom stereocenters. The Kier molecular flexibility index (Phi) is 7.03. The molecule has 2 N–H and O–H groups in total. The number of halogens is 1. The van der Waals surface area contributed by atoms with Crippen LogP contribution in [0.3, 0.4) is 0 Å². The Hall–Kier alpha value is -1.66. The maximum absolute atomic E-state index is 11.6. The standard InChI is InChI=1S/C12H17N3O3.ClH/c1-9(2)14(12(16)7-13)8-10-3-5-11(6-4-10)15(17)18;/h3-6,9H,7-8,13H2,1-2H3;1H. The van der Waals surface area contributed by atoms with Crippen molar-refractivity contribution in [2.75, 3.05) is 6.54 Å². The molecule has 0 aromatic heterocycles. The molecule has 6 nitrogen and oxygen atoms in total. The van der Waals surface area contributed by atoms with Crippen molar-refractivity contribution >= 4 is 24.0 Å². The van der Waals surface area contributed by atoms with Gasteiger partial charge < -0.3 is 10.6 Å². The van der Waals surface area contributed by atoms with E-state index in [9.17, 15) is 14.9 Å². The molecule has 0 spiro atoms. The number of nitro benzene ring substituents is 1. The van der Waals surface area contributed by atoms with Crippen molar-refractivity contribution in [2.24, 2.45) is 5.73 Å². The normalized spacial score (nSPS) is 9.89. The van der Waals surface area contributed by atoms with Crippen molar-refractivity contribution in [2.45, 2.75) is 26.4 Å². The Morgan fingerprint density at radius 3 is 2.26 bits per heavy atom. The highest BCUT2D eigenvalue weighted by Crippen LogP contribution is 2.14. The van der Waals surface area contributed by atoms with Crippen molar-refractivity contribution in [1.82, 2.24) is 4.90 Å². The average Bonchev–Trinajstić information content (AvgIpc) is 2.35. The molecule has 19 heavy (non-hydrogen) atoms. The Morgan fingerprint density at radius 2 is 1.89 bits per heavy atom. The lowest BCUT2D eigenvalue weighted by molar-refractivity contribution is -0.384. The van der Waals surface area contributed by atoms with E-state index >= 15 is 0 Å². The molecule has 0 saturated heterocycles. The number of hydrogen-bond acceptors (Lipinski definition) is 4. The van der Waals surface area contributed by atoms with Crippen LogP contribution in [0, 0.1) is 10.1 Å². The fourth-order valence-electron chi connectivity index (χ4n) is 1.60. The van der Waals surface area contributed by atoms with E-state index in [1.165, 1.54) is 12.1 Å². The van der Waals surface area contributed by atoms with Gasteiger partial charge in [-0.2, -0.15) is 0 Å². The first kappa shape index (κ1) is 17.3. The van der Waals surface area contributed by atoms with Crippen LogP contribution in [0.5, 0.6) is 0 Å². The summed E-state index contributed by atoms with van der Waals surface area (Å²) in [4.78, 5) is 23.3. The molecule has 1 aromatic carbocycles. The van der Waals surface area contributed by atoms with Crippen LogP contribution in [0.2, 0.25) is 0 Å². The largest absolute Gasteiger partial charge is 0.335 e. The van der Waals surface area contributed by atoms with Gasteiger partial charge in [-0.3, -0.25) is 14.9 Å². The van der Waals surface area contributed by atoms with E-state index in [-0.39, 0.29) is 36.6 Å². The number of carbonyl (C=O) groups excluding carboxylic acids is 1. The minimum absolute atomic E-state index is 0. The highest BCUT2D eigenvalue weighted by molar-refractivity contribution is 5.85. The van der Waals surface area contributed by atoms with Gasteiger partial charge in [0.05, 0.1) is 11.5 Å². The number of hydrogen-bond donors (Lipinski definition) is 1. The van der Waals surface area contributed by atoms with Gasteiger partial charge >= 0.3 is 0 Å². The molecule has 0 heterocycles. The van der Waals surface area contributed by atoms with Crippen LogP contribution >= 0.6 is 12.4 Å². The van der Waals surface area contributed by atoms with E-state index in [1.807, 2.05) is 13.8 Å². The Bertz CT molecular complexity index is 434. The zero-order valence-corrected chi connectivity index (χ0v) is 11.7. The number of amides is 1. The van der Waals surface area contributed by atoms with Crippen molar-refractivity contribution in [3.63, 3.8) is 0 Å². The SMILES string of the molecule is CC(C)N(Cc1ccc([N+](=O)[O-])cc1)C(=O)CN.Cl. The number of benzene rings is 1. The van der Waals surface area contributed by atoms with Crippen LogP contribution in [0.4, 0.5) is 5.69 Å².